The predicted molar refractivity (Wildman–Crippen MR) is 107 cm³/mol. The molecule has 3 aromatic heterocycles. The number of aryl methyl sites for hydroxylation is 1. The van der Waals surface area contributed by atoms with Crippen LogP contribution in [0.2, 0.25) is 5.02 Å². The van der Waals surface area contributed by atoms with Crippen molar-refractivity contribution in [3.63, 3.8) is 0 Å². The minimum atomic E-state index is -0.334. The Balaban J connectivity index is 1.56. The topological polar surface area (TPSA) is 85.8 Å². The van der Waals surface area contributed by atoms with Crippen molar-refractivity contribution in [2.75, 3.05) is 5.32 Å². The molecule has 9 heteroatoms. The fraction of sp³-hybridized carbons (Fsp3) is 0.105. The first-order valence-corrected chi connectivity index (χ1v) is 9.52. The first kappa shape index (κ1) is 18.3. The number of thiophene rings is 1. The lowest BCUT2D eigenvalue weighted by Crippen LogP contribution is -2.15. The number of nitrogens with one attached hydrogen (secondary N) is 1. The van der Waals surface area contributed by atoms with E-state index in [1.807, 2.05) is 5.38 Å². The minimum absolute atomic E-state index is 0.0411. The second-order valence-corrected chi connectivity index (χ2v) is 7.33. The van der Waals surface area contributed by atoms with Crippen molar-refractivity contribution in [3.05, 3.63) is 79.6 Å². The van der Waals surface area contributed by atoms with E-state index in [1.54, 1.807) is 43.3 Å². The highest BCUT2D eigenvalue weighted by atomic mass is 35.5. The lowest BCUT2D eigenvalue weighted by molar-refractivity contribution is 0.103. The molecule has 0 spiro atoms. The molecule has 0 saturated heterocycles. The van der Waals surface area contributed by atoms with Crippen molar-refractivity contribution >= 4 is 40.2 Å². The Morgan fingerprint density at radius 3 is 2.96 bits per heavy atom. The van der Waals surface area contributed by atoms with Crippen LogP contribution in [0, 0.1) is 6.92 Å². The highest BCUT2D eigenvalue weighted by Crippen LogP contribution is 2.29. The maximum Gasteiger partial charge on any atom is 0.287 e. The van der Waals surface area contributed by atoms with Gasteiger partial charge in [0.2, 0.25) is 0 Å². The fourth-order valence-corrected chi connectivity index (χ4v) is 3.41. The highest BCUT2D eigenvalue weighted by Gasteiger charge is 2.13. The van der Waals surface area contributed by atoms with Crippen LogP contribution in [0.4, 0.5) is 5.69 Å². The van der Waals surface area contributed by atoms with Gasteiger partial charge in [-0.25, -0.2) is 4.98 Å². The number of nitrogens with zero attached hydrogens (tertiary/aromatic N) is 2. The van der Waals surface area contributed by atoms with Gasteiger partial charge in [0.25, 0.3) is 11.5 Å². The molecule has 1 N–H and O–H groups in total. The number of amides is 1. The first-order chi connectivity index (χ1) is 13.5. The van der Waals surface area contributed by atoms with E-state index < -0.39 is 0 Å². The number of fused-ring (bicyclic) bond motifs is 1. The van der Waals surface area contributed by atoms with Crippen LogP contribution in [0.3, 0.4) is 0 Å². The summed E-state index contributed by atoms with van der Waals surface area (Å²) < 4.78 is 12.2. The van der Waals surface area contributed by atoms with Crippen LogP contribution in [0.1, 0.15) is 21.1 Å². The molecule has 0 saturated carbocycles. The van der Waals surface area contributed by atoms with Gasteiger partial charge in [-0.3, -0.25) is 9.59 Å². The summed E-state index contributed by atoms with van der Waals surface area (Å²) in [5.74, 6) is 0.743. The zero-order chi connectivity index (χ0) is 19.7. The number of halogens is 1. The summed E-state index contributed by atoms with van der Waals surface area (Å²) in [4.78, 5) is 29.4. The molecular formula is C19H14ClN3O4S. The van der Waals surface area contributed by atoms with Gasteiger partial charge in [0.05, 0.1) is 16.3 Å². The van der Waals surface area contributed by atoms with Crippen LogP contribution in [-0.2, 0) is 6.61 Å². The number of carbonyl (C=O) groups is 1. The van der Waals surface area contributed by atoms with E-state index in [0.717, 1.165) is 4.57 Å². The summed E-state index contributed by atoms with van der Waals surface area (Å²) in [7, 11) is 0. The Bertz CT molecular complexity index is 1210. The van der Waals surface area contributed by atoms with Crippen LogP contribution in [-0.4, -0.2) is 15.5 Å². The van der Waals surface area contributed by atoms with Gasteiger partial charge in [-0.2, -0.15) is 0 Å². The number of hydrogen-bond donors (Lipinski definition) is 1. The quantitative estimate of drug-likeness (QED) is 0.529. The summed E-state index contributed by atoms with van der Waals surface area (Å²) in [6.07, 6.45) is 0. The minimum Gasteiger partial charge on any atom is -0.485 e. The highest BCUT2D eigenvalue weighted by molar-refractivity contribution is 7.12. The van der Waals surface area contributed by atoms with Crippen molar-refractivity contribution in [3.8, 4) is 5.75 Å². The molecule has 0 aliphatic heterocycles. The zero-order valence-corrected chi connectivity index (χ0v) is 16.2. The van der Waals surface area contributed by atoms with Crippen molar-refractivity contribution in [1.82, 2.24) is 9.56 Å². The van der Waals surface area contributed by atoms with Crippen LogP contribution in [0.15, 0.2) is 57.2 Å². The Hall–Kier alpha value is -3.10. The predicted octanol–water partition coefficient (Wildman–Crippen LogP) is 4.14. The van der Waals surface area contributed by atoms with Gasteiger partial charge in [0.15, 0.2) is 5.65 Å². The molecule has 0 unspecified atom stereocenters. The monoisotopic (exact) mass is 415 g/mol. The van der Waals surface area contributed by atoms with E-state index >= 15 is 0 Å². The third-order valence-electron chi connectivity index (χ3n) is 3.83. The molecule has 28 heavy (non-hydrogen) atoms. The maximum absolute atomic E-state index is 12.3. The number of carbonyl (C=O) groups excluding carboxylic acids is 1. The average Bonchev–Trinajstić information content (AvgIpc) is 3.30. The molecule has 4 rings (SSSR count). The maximum atomic E-state index is 12.3. The summed E-state index contributed by atoms with van der Waals surface area (Å²) >= 11 is 7.39. The number of ether oxygens (including phenoxy) is 1. The van der Waals surface area contributed by atoms with Crippen LogP contribution >= 0.6 is 22.9 Å². The third kappa shape index (κ3) is 3.78. The smallest absolute Gasteiger partial charge is 0.287 e. The first-order valence-electron chi connectivity index (χ1n) is 8.26. The Morgan fingerprint density at radius 1 is 1.32 bits per heavy atom. The molecule has 3 heterocycles. The van der Waals surface area contributed by atoms with Gasteiger partial charge in [-0.15, -0.1) is 15.9 Å². The molecule has 4 aromatic rings. The van der Waals surface area contributed by atoms with E-state index in [0.29, 0.717) is 38.4 Å². The van der Waals surface area contributed by atoms with Crippen molar-refractivity contribution in [2.24, 2.45) is 0 Å². The second-order valence-electron chi connectivity index (χ2n) is 5.95. The molecule has 0 bridgehead atoms. The Kier molecular flexibility index (Phi) is 4.89. The summed E-state index contributed by atoms with van der Waals surface area (Å²) in [5.41, 5.74) is 0.948. The van der Waals surface area contributed by atoms with E-state index in [-0.39, 0.29) is 18.1 Å². The SMILES string of the molecule is Cc1cc2nc(COc3ccc(Cl)cc3NC(=O)c3cccs3)cc(=O)n2o1. The summed E-state index contributed by atoms with van der Waals surface area (Å²) in [5, 5.41) is 5.08. The van der Waals surface area contributed by atoms with Gasteiger partial charge in [-0.1, -0.05) is 17.7 Å². The second kappa shape index (κ2) is 7.49. The number of rotatable bonds is 5. The third-order valence-corrected chi connectivity index (χ3v) is 4.94. The van der Waals surface area contributed by atoms with Crippen LogP contribution < -0.4 is 15.6 Å². The van der Waals surface area contributed by atoms with Gasteiger partial charge in [0, 0.05) is 17.2 Å². The molecule has 0 aliphatic carbocycles. The molecule has 0 radical (unpaired) electrons. The Morgan fingerprint density at radius 2 is 2.18 bits per heavy atom. The van der Waals surface area contributed by atoms with E-state index in [1.165, 1.54) is 17.4 Å². The number of hydrogen-bond acceptors (Lipinski definition) is 6. The largest absolute Gasteiger partial charge is 0.485 e. The molecule has 1 aromatic carbocycles. The zero-order valence-electron chi connectivity index (χ0n) is 14.6. The molecule has 1 amide bonds. The average molecular weight is 416 g/mol. The number of aromatic nitrogens is 2. The molecule has 7 nitrogen and oxygen atoms in total. The van der Waals surface area contributed by atoms with Crippen molar-refractivity contribution in [1.29, 1.82) is 0 Å². The molecule has 0 atom stereocenters. The molecule has 142 valence electrons. The number of anilines is 1. The van der Waals surface area contributed by atoms with Gasteiger partial charge < -0.3 is 14.6 Å². The van der Waals surface area contributed by atoms with Crippen LogP contribution in [0.5, 0.6) is 5.75 Å². The normalized spacial score (nSPS) is 10.9. The summed E-state index contributed by atoms with van der Waals surface area (Å²) in [6.45, 7) is 1.78. The molecular weight excluding hydrogens is 402 g/mol. The van der Waals surface area contributed by atoms with E-state index in [4.69, 9.17) is 20.9 Å². The molecule has 0 fully saturated rings. The lowest BCUT2D eigenvalue weighted by Gasteiger charge is -2.12. The standard InChI is InChI=1S/C19H14ClN3O4S/c1-11-7-17-21-13(9-18(24)23(17)27-11)10-26-15-5-4-12(20)8-14(15)22-19(25)16-3-2-6-28-16/h2-9H,10H2,1H3,(H,22,25). The van der Waals surface area contributed by atoms with Gasteiger partial charge >= 0.3 is 0 Å². The Labute approximate surface area is 168 Å². The number of benzene rings is 1. The van der Waals surface area contributed by atoms with E-state index in [2.05, 4.69) is 10.3 Å². The van der Waals surface area contributed by atoms with Gasteiger partial charge in [0.1, 0.15) is 18.1 Å². The fourth-order valence-electron chi connectivity index (χ4n) is 2.62. The van der Waals surface area contributed by atoms with Crippen molar-refractivity contribution < 1.29 is 14.1 Å². The lowest BCUT2D eigenvalue weighted by atomic mass is 10.2. The van der Waals surface area contributed by atoms with Crippen LogP contribution in [0.25, 0.3) is 5.65 Å². The summed E-state index contributed by atoms with van der Waals surface area (Å²) in [6, 6.07) is 11.4. The van der Waals surface area contributed by atoms with Crippen molar-refractivity contribution in [2.45, 2.75) is 13.5 Å². The van der Waals surface area contributed by atoms with E-state index in [9.17, 15) is 9.59 Å². The van der Waals surface area contributed by atoms with Gasteiger partial charge in [-0.05, 0) is 36.6 Å². The molecule has 0 aliphatic rings.